The normalized spacial score (nSPS) is 11.1. The molecular formula is C16H25FN4O. The lowest BCUT2D eigenvalue weighted by molar-refractivity contribution is -0.115. The Morgan fingerprint density at radius 1 is 1.14 bits per heavy atom. The van der Waals surface area contributed by atoms with Gasteiger partial charge in [0.2, 0.25) is 5.91 Å². The molecule has 0 saturated heterocycles. The Balaban J connectivity index is 2.24. The van der Waals surface area contributed by atoms with Crippen molar-refractivity contribution in [2.24, 2.45) is 4.99 Å². The molecule has 0 radical (unpaired) electrons. The van der Waals surface area contributed by atoms with Crippen molar-refractivity contribution < 1.29 is 9.18 Å². The number of amides is 1. The van der Waals surface area contributed by atoms with Gasteiger partial charge >= 0.3 is 0 Å². The Hall–Kier alpha value is -2.11. The number of guanidine groups is 1. The molecule has 122 valence electrons. The number of carbonyl (C=O) groups excluding carboxylic acids is 1. The molecule has 0 atom stereocenters. The minimum atomic E-state index is -0.330. The van der Waals surface area contributed by atoms with Crippen LogP contribution < -0.4 is 16.0 Å². The molecule has 0 aliphatic heterocycles. The number of anilines is 1. The fraction of sp³-hybridized carbons (Fsp3) is 0.500. The quantitative estimate of drug-likeness (QED) is 0.393. The Bertz CT molecular complexity index is 474. The fourth-order valence-electron chi connectivity index (χ4n) is 1.88. The lowest BCUT2D eigenvalue weighted by Gasteiger charge is -2.12. The molecule has 1 aromatic rings. The lowest BCUT2D eigenvalue weighted by Crippen LogP contribution is -2.41. The first-order valence-corrected chi connectivity index (χ1v) is 7.65. The van der Waals surface area contributed by atoms with E-state index in [0.29, 0.717) is 11.6 Å². The van der Waals surface area contributed by atoms with Gasteiger partial charge in [0.1, 0.15) is 5.82 Å². The molecule has 22 heavy (non-hydrogen) atoms. The second kappa shape index (κ2) is 10.6. The van der Waals surface area contributed by atoms with Gasteiger partial charge in [-0.05, 0) is 30.7 Å². The summed E-state index contributed by atoms with van der Waals surface area (Å²) in [6, 6.07) is 5.65. The van der Waals surface area contributed by atoms with Gasteiger partial charge in [0.25, 0.3) is 0 Å². The molecule has 0 aromatic heterocycles. The van der Waals surface area contributed by atoms with Crippen LogP contribution in [0.1, 0.15) is 32.6 Å². The highest BCUT2D eigenvalue weighted by atomic mass is 19.1. The summed E-state index contributed by atoms with van der Waals surface area (Å²) in [5, 5.41) is 8.79. The molecular weight excluding hydrogens is 283 g/mol. The molecule has 3 N–H and O–H groups in total. The average molecular weight is 308 g/mol. The predicted molar refractivity (Wildman–Crippen MR) is 88.5 cm³/mol. The zero-order valence-corrected chi connectivity index (χ0v) is 13.3. The second-order valence-electron chi connectivity index (χ2n) is 4.97. The van der Waals surface area contributed by atoms with Crippen LogP contribution in [-0.2, 0) is 4.79 Å². The number of nitrogens with one attached hydrogen (secondary N) is 3. The van der Waals surface area contributed by atoms with Gasteiger partial charge in [-0.25, -0.2) is 4.39 Å². The van der Waals surface area contributed by atoms with E-state index >= 15 is 0 Å². The summed E-state index contributed by atoms with van der Waals surface area (Å²) >= 11 is 0. The highest BCUT2D eigenvalue weighted by Gasteiger charge is 2.04. The maximum Gasteiger partial charge on any atom is 0.243 e. The van der Waals surface area contributed by atoms with Crippen molar-refractivity contribution >= 4 is 17.6 Å². The van der Waals surface area contributed by atoms with Crippen LogP contribution in [0.5, 0.6) is 0 Å². The van der Waals surface area contributed by atoms with E-state index in [4.69, 9.17) is 0 Å². The van der Waals surface area contributed by atoms with Crippen molar-refractivity contribution in [1.29, 1.82) is 0 Å². The molecule has 0 aliphatic rings. The van der Waals surface area contributed by atoms with Crippen LogP contribution in [0.2, 0.25) is 0 Å². The Morgan fingerprint density at radius 2 is 1.86 bits per heavy atom. The number of halogens is 1. The number of carbonyl (C=O) groups is 1. The summed E-state index contributed by atoms with van der Waals surface area (Å²) in [6.45, 7) is 3.11. The zero-order chi connectivity index (χ0) is 16.2. The number of benzene rings is 1. The van der Waals surface area contributed by atoms with E-state index in [-0.39, 0.29) is 18.3 Å². The highest BCUT2D eigenvalue weighted by Crippen LogP contribution is 2.07. The Labute approximate surface area is 131 Å². The van der Waals surface area contributed by atoms with Crippen LogP contribution in [0, 0.1) is 5.82 Å². The van der Waals surface area contributed by atoms with E-state index in [1.165, 1.54) is 43.5 Å². The van der Waals surface area contributed by atoms with Gasteiger partial charge in [-0.3, -0.25) is 9.79 Å². The summed E-state index contributed by atoms with van der Waals surface area (Å²) in [5.74, 6) is 0.0649. The number of nitrogens with zero attached hydrogens (tertiary/aromatic N) is 1. The fourth-order valence-corrected chi connectivity index (χ4v) is 1.88. The van der Waals surface area contributed by atoms with Crippen molar-refractivity contribution in [2.75, 3.05) is 25.5 Å². The van der Waals surface area contributed by atoms with E-state index in [2.05, 4.69) is 27.9 Å². The van der Waals surface area contributed by atoms with E-state index in [1.54, 1.807) is 7.05 Å². The average Bonchev–Trinajstić information content (AvgIpc) is 2.52. The van der Waals surface area contributed by atoms with Gasteiger partial charge in [0.05, 0.1) is 6.54 Å². The standard InChI is InChI=1S/C16H25FN4O/c1-3-4-5-6-11-19-16(18-2)20-12-15(22)21-14-9-7-13(17)8-10-14/h7-10H,3-6,11-12H2,1-2H3,(H,21,22)(H2,18,19,20). The van der Waals surface area contributed by atoms with Gasteiger partial charge in [-0.1, -0.05) is 26.2 Å². The third-order valence-electron chi connectivity index (χ3n) is 3.09. The summed E-state index contributed by atoms with van der Waals surface area (Å²) < 4.78 is 12.8. The molecule has 6 heteroatoms. The van der Waals surface area contributed by atoms with Gasteiger partial charge in [-0.15, -0.1) is 0 Å². The van der Waals surface area contributed by atoms with Crippen LogP contribution in [0.3, 0.4) is 0 Å². The maximum atomic E-state index is 12.8. The minimum absolute atomic E-state index is 0.103. The number of hydrogen-bond donors (Lipinski definition) is 3. The molecule has 1 aromatic carbocycles. The van der Waals surface area contributed by atoms with Gasteiger partial charge in [0, 0.05) is 19.3 Å². The predicted octanol–water partition coefficient (Wildman–Crippen LogP) is 2.51. The van der Waals surface area contributed by atoms with Gasteiger partial charge < -0.3 is 16.0 Å². The van der Waals surface area contributed by atoms with Crippen LogP contribution in [0.25, 0.3) is 0 Å². The van der Waals surface area contributed by atoms with Crippen molar-refractivity contribution in [2.45, 2.75) is 32.6 Å². The first-order chi connectivity index (χ1) is 10.7. The van der Waals surface area contributed by atoms with Crippen LogP contribution in [0.15, 0.2) is 29.3 Å². The largest absolute Gasteiger partial charge is 0.356 e. The van der Waals surface area contributed by atoms with Crippen molar-refractivity contribution in [3.63, 3.8) is 0 Å². The summed E-state index contributed by atoms with van der Waals surface area (Å²) in [7, 11) is 1.67. The van der Waals surface area contributed by atoms with Crippen molar-refractivity contribution in [3.8, 4) is 0 Å². The third-order valence-corrected chi connectivity index (χ3v) is 3.09. The first-order valence-electron chi connectivity index (χ1n) is 7.65. The molecule has 0 aliphatic carbocycles. The maximum absolute atomic E-state index is 12.8. The van der Waals surface area contributed by atoms with Crippen LogP contribution in [-0.4, -0.2) is 32.0 Å². The number of hydrogen-bond acceptors (Lipinski definition) is 2. The lowest BCUT2D eigenvalue weighted by atomic mass is 10.2. The topological polar surface area (TPSA) is 65.5 Å². The van der Waals surface area contributed by atoms with E-state index in [0.717, 1.165) is 13.0 Å². The Morgan fingerprint density at radius 3 is 2.50 bits per heavy atom. The zero-order valence-electron chi connectivity index (χ0n) is 13.3. The minimum Gasteiger partial charge on any atom is -0.356 e. The highest BCUT2D eigenvalue weighted by molar-refractivity contribution is 5.94. The van der Waals surface area contributed by atoms with Gasteiger partial charge in [-0.2, -0.15) is 0 Å². The Kier molecular flexibility index (Phi) is 8.64. The van der Waals surface area contributed by atoms with Gasteiger partial charge in [0.15, 0.2) is 5.96 Å². The third kappa shape index (κ3) is 7.61. The van der Waals surface area contributed by atoms with E-state index < -0.39 is 0 Å². The van der Waals surface area contributed by atoms with Crippen LogP contribution in [0.4, 0.5) is 10.1 Å². The van der Waals surface area contributed by atoms with Crippen molar-refractivity contribution in [1.82, 2.24) is 10.6 Å². The smallest absolute Gasteiger partial charge is 0.243 e. The second-order valence-corrected chi connectivity index (χ2v) is 4.97. The molecule has 1 amide bonds. The summed E-state index contributed by atoms with van der Waals surface area (Å²) in [6.07, 6.45) is 4.70. The molecule has 1 rings (SSSR count). The number of rotatable bonds is 8. The van der Waals surface area contributed by atoms with E-state index in [9.17, 15) is 9.18 Å². The van der Waals surface area contributed by atoms with Crippen molar-refractivity contribution in [3.05, 3.63) is 30.1 Å². The molecule has 0 saturated carbocycles. The SMILES string of the molecule is CCCCCCNC(=NC)NCC(=O)Nc1ccc(F)cc1. The molecule has 0 heterocycles. The molecule has 0 unspecified atom stereocenters. The monoisotopic (exact) mass is 308 g/mol. The molecule has 0 bridgehead atoms. The van der Waals surface area contributed by atoms with E-state index in [1.807, 2.05) is 0 Å². The summed E-state index contributed by atoms with van der Waals surface area (Å²) in [5.41, 5.74) is 0.565. The number of aliphatic imine (C=N–C) groups is 1. The molecule has 0 fully saturated rings. The molecule has 0 spiro atoms. The summed E-state index contributed by atoms with van der Waals surface area (Å²) in [4.78, 5) is 15.8. The van der Waals surface area contributed by atoms with Crippen LogP contribution >= 0.6 is 0 Å². The number of unbranched alkanes of at least 4 members (excludes halogenated alkanes) is 3. The first kappa shape index (κ1) is 17.9. The molecule has 5 nitrogen and oxygen atoms in total.